The molecule has 2 heterocycles. The van der Waals surface area contributed by atoms with Crippen LogP contribution in [0.3, 0.4) is 0 Å². The number of carbonyl (C=O) groups excluding carboxylic acids is 2. The zero-order valence-corrected chi connectivity index (χ0v) is 16.5. The summed E-state index contributed by atoms with van der Waals surface area (Å²) in [5.41, 5.74) is 6.39. The highest BCUT2D eigenvalue weighted by molar-refractivity contribution is 8.01. The number of para-hydroxylation sites is 2. The van der Waals surface area contributed by atoms with Crippen molar-refractivity contribution in [1.82, 2.24) is 15.0 Å². The van der Waals surface area contributed by atoms with Crippen molar-refractivity contribution >= 4 is 46.1 Å². The minimum Gasteiger partial charge on any atom is -0.324 e. The van der Waals surface area contributed by atoms with Crippen molar-refractivity contribution in [1.29, 1.82) is 0 Å². The summed E-state index contributed by atoms with van der Waals surface area (Å²) < 4.78 is 1.45. The Morgan fingerprint density at radius 1 is 1.17 bits per heavy atom. The Morgan fingerprint density at radius 3 is 2.76 bits per heavy atom. The summed E-state index contributed by atoms with van der Waals surface area (Å²) in [5.74, 6) is -0.337. The molecule has 2 amide bonds. The Labute approximate surface area is 170 Å². The van der Waals surface area contributed by atoms with E-state index in [1.807, 2.05) is 31.2 Å². The van der Waals surface area contributed by atoms with Crippen LogP contribution in [0, 0.1) is 0 Å². The minimum absolute atomic E-state index is 0.0121. The molecule has 0 bridgehead atoms. The van der Waals surface area contributed by atoms with Gasteiger partial charge in [0.05, 0.1) is 21.8 Å². The molecule has 1 aromatic heterocycles. The fourth-order valence-electron chi connectivity index (χ4n) is 3.13. The molecule has 0 aliphatic carbocycles. The molecule has 0 unspecified atom stereocenters. The lowest BCUT2D eigenvalue weighted by Crippen LogP contribution is -2.38. The molecule has 29 heavy (non-hydrogen) atoms. The molecule has 1 aliphatic rings. The lowest BCUT2D eigenvalue weighted by molar-refractivity contribution is -0.123. The maximum atomic E-state index is 12.6. The fourth-order valence-corrected chi connectivity index (χ4v) is 4.24. The smallest absolute Gasteiger partial charge is 0.262 e. The number of fused-ring (bicyclic) bond motifs is 2. The topological polar surface area (TPSA) is 105 Å². The second kappa shape index (κ2) is 7.96. The summed E-state index contributed by atoms with van der Waals surface area (Å²) in [7, 11) is 0. The number of aromatic nitrogens is 2. The van der Waals surface area contributed by atoms with Gasteiger partial charge in [-0.1, -0.05) is 24.3 Å². The van der Waals surface area contributed by atoms with Crippen LogP contribution in [0.25, 0.3) is 10.9 Å². The Morgan fingerprint density at radius 2 is 1.93 bits per heavy atom. The highest BCUT2D eigenvalue weighted by Gasteiger charge is 2.28. The first-order chi connectivity index (χ1) is 14.1. The van der Waals surface area contributed by atoms with Gasteiger partial charge in [-0.2, -0.15) is 0 Å². The van der Waals surface area contributed by atoms with Gasteiger partial charge in [0.1, 0.15) is 0 Å². The number of amides is 2. The summed E-state index contributed by atoms with van der Waals surface area (Å²) in [6.07, 6.45) is -0.0121. The fraction of sp³-hybridized carbons (Fsp3) is 0.200. The van der Waals surface area contributed by atoms with E-state index in [1.165, 1.54) is 16.3 Å². The first kappa shape index (κ1) is 19.0. The molecule has 1 atom stereocenters. The summed E-state index contributed by atoms with van der Waals surface area (Å²) in [6.45, 7) is 2.22. The monoisotopic (exact) mass is 409 g/mol. The Hall–Kier alpha value is -3.33. The van der Waals surface area contributed by atoms with Crippen molar-refractivity contribution < 1.29 is 9.59 Å². The second-order valence-electron chi connectivity index (χ2n) is 6.47. The Balaban J connectivity index is 1.46. The third kappa shape index (κ3) is 3.81. The number of hydrogen-bond donors (Lipinski definition) is 3. The summed E-state index contributed by atoms with van der Waals surface area (Å²) in [6, 6.07) is 14.5. The molecule has 9 heteroatoms. The van der Waals surface area contributed by atoms with E-state index in [9.17, 15) is 14.4 Å². The van der Waals surface area contributed by atoms with Gasteiger partial charge in [-0.25, -0.2) is 4.98 Å². The van der Waals surface area contributed by atoms with Crippen molar-refractivity contribution in [2.45, 2.75) is 30.0 Å². The molecule has 0 radical (unpaired) electrons. The number of hydrogen-bond acceptors (Lipinski definition) is 6. The van der Waals surface area contributed by atoms with Crippen molar-refractivity contribution in [3.63, 3.8) is 0 Å². The summed E-state index contributed by atoms with van der Waals surface area (Å²) >= 11 is 1.36. The number of rotatable bonds is 5. The molecule has 1 aliphatic heterocycles. The molecular formula is C20H19N5O3S. The van der Waals surface area contributed by atoms with Crippen molar-refractivity contribution in [3.05, 3.63) is 58.9 Å². The SMILES string of the molecule is CCn1c(NNC(=O)C[C@@H]2Sc3ccccc3NC2=O)nc2ccccc2c1=O. The third-order valence-corrected chi connectivity index (χ3v) is 5.84. The Bertz CT molecular complexity index is 1160. The molecule has 0 saturated heterocycles. The first-order valence-corrected chi connectivity index (χ1v) is 10.1. The van der Waals surface area contributed by atoms with Gasteiger partial charge in [0.2, 0.25) is 17.8 Å². The van der Waals surface area contributed by atoms with E-state index in [0.29, 0.717) is 17.4 Å². The number of anilines is 2. The predicted molar refractivity (Wildman–Crippen MR) is 113 cm³/mol. The molecule has 3 N–H and O–H groups in total. The summed E-state index contributed by atoms with van der Waals surface area (Å²) in [4.78, 5) is 42.6. The molecule has 4 rings (SSSR count). The zero-order valence-electron chi connectivity index (χ0n) is 15.6. The van der Waals surface area contributed by atoms with Crippen LogP contribution in [0.4, 0.5) is 11.6 Å². The molecule has 3 aromatic rings. The minimum atomic E-state index is -0.537. The Kier molecular flexibility index (Phi) is 5.22. The zero-order chi connectivity index (χ0) is 20.4. The van der Waals surface area contributed by atoms with Crippen LogP contribution < -0.4 is 21.7 Å². The average molecular weight is 409 g/mol. The van der Waals surface area contributed by atoms with E-state index in [1.54, 1.807) is 24.3 Å². The van der Waals surface area contributed by atoms with Gasteiger partial charge in [0.15, 0.2) is 0 Å². The number of thioether (sulfide) groups is 1. The number of nitrogens with one attached hydrogen (secondary N) is 3. The van der Waals surface area contributed by atoms with Gasteiger partial charge in [0.25, 0.3) is 5.56 Å². The average Bonchev–Trinajstić information content (AvgIpc) is 2.73. The van der Waals surface area contributed by atoms with Gasteiger partial charge in [-0.15, -0.1) is 11.8 Å². The van der Waals surface area contributed by atoms with Crippen LogP contribution in [-0.2, 0) is 16.1 Å². The van der Waals surface area contributed by atoms with Crippen LogP contribution in [0.15, 0.2) is 58.2 Å². The first-order valence-electron chi connectivity index (χ1n) is 9.18. The van der Waals surface area contributed by atoms with Crippen LogP contribution in [0.2, 0.25) is 0 Å². The molecular weight excluding hydrogens is 390 g/mol. The number of nitrogens with zero attached hydrogens (tertiary/aromatic N) is 2. The van der Waals surface area contributed by atoms with E-state index in [-0.39, 0.29) is 29.7 Å². The molecule has 0 fully saturated rings. The van der Waals surface area contributed by atoms with Gasteiger partial charge >= 0.3 is 0 Å². The number of benzene rings is 2. The molecule has 148 valence electrons. The van der Waals surface area contributed by atoms with Gasteiger partial charge in [-0.3, -0.25) is 29.8 Å². The van der Waals surface area contributed by atoms with Crippen molar-refractivity contribution in [2.75, 3.05) is 10.7 Å². The van der Waals surface area contributed by atoms with Crippen LogP contribution in [0.5, 0.6) is 0 Å². The maximum absolute atomic E-state index is 12.6. The van der Waals surface area contributed by atoms with Crippen molar-refractivity contribution in [3.8, 4) is 0 Å². The highest BCUT2D eigenvalue weighted by Crippen LogP contribution is 2.36. The van der Waals surface area contributed by atoms with Crippen LogP contribution in [0.1, 0.15) is 13.3 Å². The van der Waals surface area contributed by atoms with Crippen LogP contribution in [-0.4, -0.2) is 26.6 Å². The van der Waals surface area contributed by atoms with Gasteiger partial charge in [-0.05, 0) is 31.2 Å². The van der Waals surface area contributed by atoms with E-state index in [2.05, 4.69) is 21.2 Å². The quantitative estimate of drug-likeness (QED) is 0.559. The largest absolute Gasteiger partial charge is 0.324 e. The molecule has 0 spiro atoms. The standard InChI is InChI=1S/C20H19N5O3S/c1-2-25-19(28)12-7-3-4-8-13(12)22-20(25)24-23-17(26)11-16-18(27)21-14-9-5-6-10-15(14)29-16/h3-10,16H,2,11H2,1H3,(H,21,27)(H,22,24)(H,23,26)/t16-/m0/s1. The number of carbonyl (C=O) groups is 2. The van der Waals surface area contributed by atoms with E-state index in [4.69, 9.17) is 0 Å². The normalized spacial score (nSPS) is 15.5. The van der Waals surface area contributed by atoms with E-state index in [0.717, 1.165) is 10.6 Å². The van der Waals surface area contributed by atoms with E-state index >= 15 is 0 Å². The summed E-state index contributed by atoms with van der Waals surface area (Å²) in [5, 5.41) is 2.79. The van der Waals surface area contributed by atoms with E-state index < -0.39 is 5.25 Å². The lowest BCUT2D eigenvalue weighted by atomic mass is 10.2. The third-order valence-electron chi connectivity index (χ3n) is 4.57. The molecule has 2 aromatic carbocycles. The van der Waals surface area contributed by atoms with Crippen molar-refractivity contribution in [2.24, 2.45) is 0 Å². The lowest BCUT2D eigenvalue weighted by Gasteiger charge is -2.23. The second-order valence-corrected chi connectivity index (χ2v) is 7.72. The predicted octanol–water partition coefficient (Wildman–Crippen LogP) is 2.36. The number of hydrazine groups is 1. The van der Waals surface area contributed by atoms with Crippen LogP contribution >= 0.6 is 11.8 Å². The highest BCUT2D eigenvalue weighted by atomic mass is 32.2. The van der Waals surface area contributed by atoms with Gasteiger partial charge < -0.3 is 5.32 Å². The maximum Gasteiger partial charge on any atom is 0.262 e. The molecule has 8 nitrogen and oxygen atoms in total. The van der Waals surface area contributed by atoms with Gasteiger partial charge in [0, 0.05) is 17.9 Å². The molecule has 0 saturated carbocycles.